The number of aromatic nitrogens is 3. The zero-order valence-electron chi connectivity index (χ0n) is 17.8. The van der Waals surface area contributed by atoms with Crippen molar-refractivity contribution in [1.29, 1.82) is 0 Å². The summed E-state index contributed by atoms with van der Waals surface area (Å²) in [7, 11) is 0. The number of nitrogens with zero attached hydrogens (tertiary/aromatic N) is 4. The molecule has 1 heterocycles. The number of benzene rings is 2. The molecule has 0 atom stereocenters. The number of aryl methyl sites for hydroxylation is 2. The quantitative estimate of drug-likeness (QED) is 0.417. The first-order valence-corrected chi connectivity index (χ1v) is 11.7. The Balaban J connectivity index is 1.77. The fraction of sp³-hybridized carbons (Fsp3) is 0.375. The fourth-order valence-electron chi connectivity index (χ4n) is 3.41. The molecular weight excluding hydrogens is 392 g/mol. The average molecular weight is 423 g/mol. The molecular formula is C24H30N4OS. The Kier molecular flexibility index (Phi) is 8.51. The lowest BCUT2D eigenvalue weighted by atomic mass is 10.1. The van der Waals surface area contributed by atoms with E-state index in [1.807, 2.05) is 29.2 Å². The second-order valence-electron chi connectivity index (χ2n) is 7.22. The van der Waals surface area contributed by atoms with Crippen molar-refractivity contribution in [3.05, 3.63) is 72.1 Å². The number of hydrogen-bond donors (Lipinski definition) is 0. The van der Waals surface area contributed by atoms with E-state index >= 15 is 0 Å². The van der Waals surface area contributed by atoms with Crippen LogP contribution in [0.25, 0.3) is 5.69 Å². The summed E-state index contributed by atoms with van der Waals surface area (Å²) in [5.41, 5.74) is 2.30. The first kappa shape index (κ1) is 22.1. The molecule has 0 spiro atoms. The monoisotopic (exact) mass is 422 g/mol. The van der Waals surface area contributed by atoms with Gasteiger partial charge in [-0.3, -0.25) is 9.36 Å². The minimum absolute atomic E-state index is 0.164. The number of hydrogen-bond acceptors (Lipinski definition) is 4. The summed E-state index contributed by atoms with van der Waals surface area (Å²) >= 11 is 1.47. The van der Waals surface area contributed by atoms with Crippen LogP contribution < -0.4 is 0 Å². The van der Waals surface area contributed by atoms with Crippen LogP contribution in [0, 0.1) is 0 Å². The molecule has 3 rings (SSSR count). The lowest BCUT2D eigenvalue weighted by Gasteiger charge is -2.21. The van der Waals surface area contributed by atoms with Gasteiger partial charge in [0, 0.05) is 25.2 Å². The molecule has 0 aliphatic rings. The maximum Gasteiger partial charge on any atom is 0.233 e. The summed E-state index contributed by atoms with van der Waals surface area (Å²) < 4.78 is 2.09. The lowest BCUT2D eigenvalue weighted by molar-refractivity contribution is -0.128. The highest BCUT2D eigenvalue weighted by Crippen LogP contribution is 2.23. The molecule has 1 amide bonds. The Labute approximate surface area is 183 Å². The summed E-state index contributed by atoms with van der Waals surface area (Å²) in [6, 6.07) is 20.6. The van der Waals surface area contributed by atoms with Crippen molar-refractivity contribution in [3.8, 4) is 5.69 Å². The minimum atomic E-state index is 0.164. The van der Waals surface area contributed by atoms with Crippen molar-refractivity contribution in [2.75, 3.05) is 18.8 Å². The summed E-state index contributed by atoms with van der Waals surface area (Å²) in [5.74, 6) is 1.46. The molecule has 0 aliphatic carbocycles. The molecule has 2 aromatic carbocycles. The minimum Gasteiger partial charge on any atom is -0.342 e. The molecule has 0 N–H and O–H groups in total. The molecule has 30 heavy (non-hydrogen) atoms. The van der Waals surface area contributed by atoms with Gasteiger partial charge in [0.2, 0.25) is 5.91 Å². The molecule has 0 fully saturated rings. The second kappa shape index (κ2) is 11.6. The average Bonchev–Trinajstić information content (AvgIpc) is 3.20. The van der Waals surface area contributed by atoms with Gasteiger partial charge < -0.3 is 4.90 Å². The Morgan fingerprint density at radius 3 is 2.17 bits per heavy atom. The molecule has 6 heteroatoms. The van der Waals surface area contributed by atoms with Gasteiger partial charge in [0.15, 0.2) is 5.16 Å². The third kappa shape index (κ3) is 5.95. The highest BCUT2D eigenvalue weighted by atomic mass is 32.2. The molecule has 3 aromatic rings. The smallest absolute Gasteiger partial charge is 0.233 e. The number of thioether (sulfide) groups is 1. The van der Waals surface area contributed by atoms with Gasteiger partial charge >= 0.3 is 0 Å². The van der Waals surface area contributed by atoms with Crippen LogP contribution in [-0.4, -0.2) is 44.4 Å². The molecule has 158 valence electrons. The van der Waals surface area contributed by atoms with Gasteiger partial charge in [0.1, 0.15) is 5.82 Å². The van der Waals surface area contributed by atoms with Crippen molar-refractivity contribution in [2.45, 2.75) is 44.7 Å². The van der Waals surface area contributed by atoms with E-state index in [9.17, 15) is 4.79 Å². The second-order valence-corrected chi connectivity index (χ2v) is 8.17. The predicted molar refractivity (Wildman–Crippen MR) is 123 cm³/mol. The topological polar surface area (TPSA) is 51.0 Å². The van der Waals surface area contributed by atoms with Crippen LogP contribution in [-0.2, 0) is 17.6 Å². The first-order chi connectivity index (χ1) is 14.7. The van der Waals surface area contributed by atoms with Crippen LogP contribution in [0.15, 0.2) is 65.8 Å². The van der Waals surface area contributed by atoms with E-state index < -0.39 is 0 Å². The van der Waals surface area contributed by atoms with E-state index in [0.717, 1.165) is 55.4 Å². The molecule has 0 bridgehead atoms. The van der Waals surface area contributed by atoms with Gasteiger partial charge in [-0.15, -0.1) is 10.2 Å². The standard InChI is InChI=1S/C24H30N4OS/c1-3-17-27(18-4-2)23(29)19-30-24-26-25-22(16-15-20-11-7-5-8-12-20)28(24)21-13-9-6-10-14-21/h5-14H,3-4,15-19H2,1-2H3. The zero-order valence-corrected chi connectivity index (χ0v) is 18.6. The van der Waals surface area contributed by atoms with E-state index in [4.69, 9.17) is 0 Å². The molecule has 0 saturated heterocycles. The highest BCUT2D eigenvalue weighted by molar-refractivity contribution is 7.99. The Morgan fingerprint density at radius 1 is 0.900 bits per heavy atom. The van der Waals surface area contributed by atoms with Gasteiger partial charge in [-0.2, -0.15) is 0 Å². The van der Waals surface area contributed by atoms with Crippen molar-refractivity contribution in [2.24, 2.45) is 0 Å². The van der Waals surface area contributed by atoms with Crippen molar-refractivity contribution < 1.29 is 4.79 Å². The number of para-hydroxylation sites is 1. The van der Waals surface area contributed by atoms with Gasteiger partial charge in [0.25, 0.3) is 0 Å². The van der Waals surface area contributed by atoms with Crippen molar-refractivity contribution in [3.63, 3.8) is 0 Å². The van der Waals surface area contributed by atoms with Crippen LogP contribution in [0.2, 0.25) is 0 Å². The number of carbonyl (C=O) groups excluding carboxylic acids is 1. The van der Waals surface area contributed by atoms with E-state index in [1.54, 1.807) is 0 Å². The van der Waals surface area contributed by atoms with E-state index in [1.165, 1.54) is 17.3 Å². The molecule has 0 radical (unpaired) electrons. The molecule has 5 nitrogen and oxygen atoms in total. The first-order valence-electron chi connectivity index (χ1n) is 10.7. The maximum atomic E-state index is 12.7. The van der Waals surface area contributed by atoms with Crippen molar-refractivity contribution in [1.82, 2.24) is 19.7 Å². The van der Waals surface area contributed by atoms with Gasteiger partial charge in [-0.05, 0) is 37.0 Å². The lowest BCUT2D eigenvalue weighted by Crippen LogP contribution is -2.33. The number of amides is 1. The zero-order chi connectivity index (χ0) is 21.2. The highest BCUT2D eigenvalue weighted by Gasteiger charge is 2.18. The summed E-state index contributed by atoms with van der Waals surface area (Å²) in [6.07, 6.45) is 3.63. The van der Waals surface area contributed by atoms with Crippen molar-refractivity contribution >= 4 is 17.7 Å². The molecule has 0 aliphatic heterocycles. The third-order valence-corrected chi connectivity index (χ3v) is 5.77. The molecule has 0 saturated carbocycles. The maximum absolute atomic E-state index is 12.7. The predicted octanol–water partition coefficient (Wildman–Crippen LogP) is 4.79. The van der Waals surface area contributed by atoms with Crippen LogP contribution in [0.4, 0.5) is 0 Å². The molecule has 0 unspecified atom stereocenters. The SMILES string of the molecule is CCCN(CCC)C(=O)CSc1nnc(CCc2ccccc2)n1-c1ccccc1. The van der Waals surface area contributed by atoms with Crippen LogP contribution in [0.5, 0.6) is 0 Å². The van der Waals surface area contributed by atoms with E-state index in [0.29, 0.717) is 5.75 Å². The van der Waals surface area contributed by atoms with E-state index in [-0.39, 0.29) is 5.91 Å². The fourth-order valence-corrected chi connectivity index (χ4v) is 4.29. The van der Waals surface area contributed by atoms with Crippen LogP contribution in [0.1, 0.15) is 38.1 Å². The van der Waals surface area contributed by atoms with Gasteiger partial charge in [0.05, 0.1) is 5.75 Å². The Bertz CT molecular complexity index is 905. The number of rotatable bonds is 11. The van der Waals surface area contributed by atoms with Crippen LogP contribution in [0.3, 0.4) is 0 Å². The summed E-state index contributed by atoms with van der Waals surface area (Å²) in [4.78, 5) is 14.7. The van der Waals surface area contributed by atoms with E-state index in [2.05, 4.69) is 65.0 Å². The Hall–Kier alpha value is -2.60. The largest absolute Gasteiger partial charge is 0.342 e. The Morgan fingerprint density at radius 2 is 1.53 bits per heavy atom. The summed E-state index contributed by atoms with van der Waals surface area (Å²) in [6.45, 7) is 5.82. The van der Waals surface area contributed by atoms with Gasteiger partial charge in [-0.1, -0.05) is 74.1 Å². The molecule has 1 aromatic heterocycles. The summed E-state index contributed by atoms with van der Waals surface area (Å²) in [5, 5.41) is 9.67. The van der Waals surface area contributed by atoms with Crippen LogP contribution >= 0.6 is 11.8 Å². The third-order valence-electron chi connectivity index (χ3n) is 4.86. The van der Waals surface area contributed by atoms with Gasteiger partial charge in [-0.25, -0.2) is 0 Å². The number of carbonyl (C=O) groups is 1. The normalized spacial score (nSPS) is 10.9.